The fourth-order valence-corrected chi connectivity index (χ4v) is 8.07. The average molecular weight is 458 g/mol. The van der Waals surface area contributed by atoms with E-state index in [4.69, 9.17) is 9.26 Å². The number of hydrogen-bond acceptors (Lipinski definition) is 5. The monoisotopic (exact) mass is 457 g/mol. The van der Waals surface area contributed by atoms with Crippen molar-refractivity contribution in [2.75, 3.05) is 6.54 Å². The maximum absolute atomic E-state index is 13.0. The minimum atomic E-state index is -2.52. The van der Waals surface area contributed by atoms with Gasteiger partial charge in [-0.1, -0.05) is 50.2 Å². The molecule has 1 saturated heterocycles. The summed E-state index contributed by atoms with van der Waals surface area (Å²) in [6.45, 7) is 14.7. The standard InChI is InChI=1S/C26H39NO4Si/c1-18(2)24(25(29)30-26(3,4)5)32(6,7)31-27-16-10-13-22(27)23(28)21-15-14-19-11-8-9-12-20(19)17-21/h8-9,11-12,14-15,17-18,22-24,28H,10,13,16H2,1-7H3/t22-,23?,24?/m0/s1. The summed E-state index contributed by atoms with van der Waals surface area (Å²) in [5.74, 6) is -0.0760. The van der Waals surface area contributed by atoms with Crippen molar-refractivity contribution < 1.29 is 19.2 Å². The minimum Gasteiger partial charge on any atom is -0.460 e. The van der Waals surface area contributed by atoms with Gasteiger partial charge in [0.1, 0.15) is 5.60 Å². The molecule has 6 heteroatoms. The van der Waals surface area contributed by atoms with Crippen molar-refractivity contribution in [2.45, 2.75) is 83.8 Å². The summed E-state index contributed by atoms with van der Waals surface area (Å²) in [6.07, 6.45) is 1.17. The van der Waals surface area contributed by atoms with Gasteiger partial charge in [0, 0.05) is 6.54 Å². The Morgan fingerprint density at radius 1 is 1.12 bits per heavy atom. The van der Waals surface area contributed by atoms with Gasteiger partial charge in [0.2, 0.25) is 8.32 Å². The molecule has 2 aromatic rings. The molecule has 0 amide bonds. The number of fused-ring (bicyclic) bond motifs is 1. The zero-order valence-electron chi connectivity index (χ0n) is 20.6. The molecule has 2 aromatic carbocycles. The van der Waals surface area contributed by atoms with E-state index in [1.807, 2.05) is 44.0 Å². The van der Waals surface area contributed by atoms with Crippen molar-refractivity contribution in [1.29, 1.82) is 0 Å². The Labute approximate surface area is 193 Å². The molecule has 0 aromatic heterocycles. The van der Waals surface area contributed by atoms with Crippen molar-refractivity contribution in [3.05, 3.63) is 48.0 Å². The highest BCUT2D eigenvalue weighted by molar-refractivity contribution is 6.75. The Morgan fingerprint density at radius 2 is 1.78 bits per heavy atom. The number of esters is 1. The lowest BCUT2D eigenvalue weighted by Crippen LogP contribution is -2.51. The molecule has 1 fully saturated rings. The van der Waals surface area contributed by atoms with E-state index in [0.29, 0.717) is 0 Å². The molecule has 1 aliphatic heterocycles. The second-order valence-electron chi connectivity index (χ2n) is 10.9. The number of aliphatic hydroxyl groups is 1. The van der Waals surface area contributed by atoms with Gasteiger partial charge in [-0.3, -0.25) is 4.79 Å². The maximum Gasteiger partial charge on any atom is 0.309 e. The minimum absolute atomic E-state index is 0.109. The van der Waals surface area contributed by atoms with Crippen LogP contribution < -0.4 is 0 Å². The average Bonchev–Trinajstić information content (AvgIpc) is 3.12. The smallest absolute Gasteiger partial charge is 0.309 e. The Hall–Kier alpha value is -1.73. The van der Waals surface area contributed by atoms with E-state index in [0.717, 1.165) is 35.7 Å². The fraction of sp³-hybridized carbons (Fsp3) is 0.577. The normalized spacial score (nSPS) is 20.0. The van der Waals surface area contributed by atoms with Gasteiger partial charge in [-0.15, -0.1) is 0 Å². The lowest BCUT2D eigenvalue weighted by atomic mass is 9.98. The molecule has 0 aliphatic carbocycles. The number of ether oxygens (including phenoxy) is 1. The Balaban J connectivity index is 1.79. The molecule has 3 rings (SSSR count). The fourth-order valence-electron chi connectivity index (χ4n) is 4.89. The van der Waals surface area contributed by atoms with E-state index in [9.17, 15) is 9.90 Å². The number of hydrogen-bond donors (Lipinski definition) is 1. The Kier molecular flexibility index (Phi) is 7.50. The summed E-state index contributed by atoms with van der Waals surface area (Å²) in [6, 6.07) is 14.2. The van der Waals surface area contributed by atoms with Crippen LogP contribution in [0, 0.1) is 5.92 Å². The predicted octanol–water partition coefficient (Wildman–Crippen LogP) is 5.84. The molecular formula is C26H39NO4Si. The van der Waals surface area contributed by atoms with E-state index in [1.165, 1.54) is 0 Å². The van der Waals surface area contributed by atoms with Crippen molar-refractivity contribution >= 4 is 25.1 Å². The third-order valence-electron chi connectivity index (χ3n) is 6.16. The molecule has 0 bridgehead atoms. The van der Waals surface area contributed by atoms with Crippen LogP contribution in [-0.2, 0) is 14.1 Å². The highest BCUT2D eigenvalue weighted by Crippen LogP contribution is 2.38. The molecule has 0 saturated carbocycles. The lowest BCUT2D eigenvalue weighted by Gasteiger charge is -2.39. The van der Waals surface area contributed by atoms with Crippen LogP contribution in [0.1, 0.15) is 59.1 Å². The molecule has 1 aliphatic rings. The molecule has 3 atom stereocenters. The molecule has 32 heavy (non-hydrogen) atoms. The van der Waals surface area contributed by atoms with Crippen LogP contribution in [0.25, 0.3) is 10.8 Å². The number of nitrogens with zero attached hydrogens (tertiary/aromatic N) is 1. The van der Waals surface area contributed by atoms with Crippen molar-refractivity contribution in [3.63, 3.8) is 0 Å². The maximum atomic E-state index is 13.0. The van der Waals surface area contributed by atoms with Crippen LogP contribution in [0.3, 0.4) is 0 Å². The molecule has 0 radical (unpaired) electrons. The summed E-state index contributed by atoms with van der Waals surface area (Å²) in [4.78, 5) is 13.0. The quantitative estimate of drug-likeness (QED) is 0.418. The molecular weight excluding hydrogens is 418 g/mol. The Bertz CT molecular complexity index is 937. The number of benzene rings is 2. The van der Waals surface area contributed by atoms with Crippen LogP contribution in [0.2, 0.25) is 18.6 Å². The summed E-state index contributed by atoms with van der Waals surface area (Å²) in [5.41, 5.74) is 0.0777. The largest absolute Gasteiger partial charge is 0.460 e. The van der Waals surface area contributed by atoms with Gasteiger partial charge in [-0.25, -0.2) is 0 Å². The molecule has 1 N–H and O–H groups in total. The van der Waals surface area contributed by atoms with Crippen LogP contribution in [0.4, 0.5) is 0 Å². The van der Waals surface area contributed by atoms with Crippen molar-refractivity contribution in [1.82, 2.24) is 5.06 Å². The van der Waals surface area contributed by atoms with Gasteiger partial charge in [0.05, 0.1) is 17.7 Å². The SMILES string of the molecule is CC(C)C(C(=O)OC(C)(C)C)[Si](C)(C)ON1CCC[C@H]1C(O)c1ccc2ccccc2c1. The lowest BCUT2D eigenvalue weighted by molar-refractivity contribution is -0.158. The molecule has 1 heterocycles. The first kappa shape index (κ1) is 24.9. The first-order valence-corrected chi connectivity index (χ1v) is 14.7. The van der Waals surface area contributed by atoms with Crippen LogP contribution in [0.15, 0.2) is 42.5 Å². The van der Waals surface area contributed by atoms with E-state index >= 15 is 0 Å². The third kappa shape index (κ3) is 5.79. The second kappa shape index (κ2) is 9.63. The second-order valence-corrected chi connectivity index (χ2v) is 14.9. The third-order valence-corrected chi connectivity index (χ3v) is 9.26. The zero-order chi connectivity index (χ0) is 23.7. The first-order chi connectivity index (χ1) is 14.9. The molecule has 176 valence electrons. The van der Waals surface area contributed by atoms with Crippen LogP contribution in [-0.4, -0.2) is 42.6 Å². The topological polar surface area (TPSA) is 59.0 Å². The van der Waals surface area contributed by atoms with Gasteiger partial charge in [-0.2, -0.15) is 5.06 Å². The van der Waals surface area contributed by atoms with Gasteiger partial charge >= 0.3 is 5.97 Å². The summed E-state index contributed by atoms with van der Waals surface area (Å²) < 4.78 is 12.4. The van der Waals surface area contributed by atoms with Gasteiger partial charge in [0.25, 0.3) is 0 Å². The van der Waals surface area contributed by atoms with Gasteiger partial charge in [0.15, 0.2) is 0 Å². The molecule has 5 nitrogen and oxygen atoms in total. The number of hydroxylamine groups is 2. The molecule has 2 unspecified atom stereocenters. The highest BCUT2D eigenvalue weighted by Gasteiger charge is 2.47. The van der Waals surface area contributed by atoms with Crippen molar-refractivity contribution in [2.24, 2.45) is 5.92 Å². The number of aliphatic hydroxyl groups excluding tert-OH is 1. The summed E-state index contributed by atoms with van der Waals surface area (Å²) in [7, 11) is -2.52. The van der Waals surface area contributed by atoms with Crippen molar-refractivity contribution in [3.8, 4) is 0 Å². The Morgan fingerprint density at radius 3 is 2.41 bits per heavy atom. The van der Waals surface area contributed by atoms with Crippen LogP contribution in [0.5, 0.6) is 0 Å². The van der Waals surface area contributed by atoms with E-state index in [-0.39, 0.29) is 23.5 Å². The van der Waals surface area contributed by atoms with E-state index in [1.54, 1.807) is 0 Å². The van der Waals surface area contributed by atoms with E-state index < -0.39 is 20.0 Å². The summed E-state index contributed by atoms with van der Waals surface area (Å²) >= 11 is 0. The number of rotatable bonds is 7. The van der Waals surface area contributed by atoms with Crippen LogP contribution >= 0.6 is 0 Å². The first-order valence-electron chi connectivity index (χ1n) is 11.7. The van der Waals surface area contributed by atoms with E-state index in [2.05, 4.69) is 51.2 Å². The van der Waals surface area contributed by atoms with Gasteiger partial charge < -0.3 is 14.4 Å². The number of carbonyl (C=O) groups is 1. The van der Waals surface area contributed by atoms with Gasteiger partial charge in [-0.05, 0) is 75.0 Å². The zero-order valence-corrected chi connectivity index (χ0v) is 21.6. The highest BCUT2D eigenvalue weighted by atomic mass is 28.4. The molecule has 0 spiro atoms. The summed E-state index contributed by atoms with van der Waals surface area (Å²) in [5, 5.41) is 15.5. The predicted molar refractivity (Wildman–Crippen MR) is 132 cm³/mol. The number of carbonyl (C=O) groups excluding carboxylic acids is 1.